The average molecular weight is 405 g/mol. The van der Waals surface area contributed by atoms with Crippen molar-refractivity contribution in [1.82, 2.24) is 9.97 Å². The van der Waals surface area contributed by atoms with Crippen LogP contribution in [-0.2, 0) is 17.8 Å². The van der Waals surface area contributed by atoms with Crippen molar-refractivity contribution in [2.24, 2.45) is 0 Å². The molecule has 6 heteroatoms. The molecule has 0 atom stereocenters. The third-order valence-corrected chi connectivity index (χ3v) is 5.44. The fraction of sp³-hybridized carbons (Fsp3) is 0.333. The van der Waals surface area contributed by atoms with Crippen LogP contribution in [-0.4, -0.2) is 35.6 Å². The van der Waals surface area contributed by atoms with Gasteiger partial charge in [-0.1, -0.05) is 30.3 Å². The predicted molar refractivity (Wildman–Crippen MR) is 119 cm³/mol. The Morgan fingerprint density at radius 2 is 2.10 bits per heavy atom. The predicted octanol–water partition coefficient (Wildman–Crippen LogP) is 4.18. The monoisotopic (exact) mass is 404 g/mol. The molecule has 3 aromatic rings. The maximum Gasteiger partial charge on any atom is 0.226 e. The first-order chi connectivity index (χ1) is 14.7. The van der Waals surface area contributed by atoms with Gasteiger partial charge in [-0.25, -0.2) is 4.98 Å². The molecule has 2 aromatic carbocycles. The first-order valence-corrected chi connectivity index (χ1v) is 10.6. The van der Waals surface area contributed by atoms with Crippen molar-refractivity contribution in [3.05, 3.63) is 72.3 Å². The number of nitrogens with one attached hydrogen (secondary N) is 1. The van der Waals surface area contributed by atoms with E-state index in [-0.39, 0.29) is 5.91 Å². The van der Waals surface area contributed by atoms with Crippen LogP contribution in [0.3, 0.4) is 0 Å². The standard InChI is InChI=1S/C24H28N4O2/c1-2-28(24(29)10-6-9-19-7-4-3-5-8-19)21-11-12-23-22(15-21)27(13-14-30-23)17-20-16-25-18-26-20/h3-5,7-8,11-12,15-16,18H,2,6,9-10,13-14,17H2,1H3,(H,25,26). The summed E-state index contributed by atoms with van der Waals surface area (Å²) in [5.41, 5.74) is 4.18. The van der Waals surface area contributed by atoms with Crippen molar-refractivity contribution in [2.45, 2.75) is 32.7 Å². The van der Waals surface area contributed by atoms with Gasteiger partial charge in [-0.05, 0) is 43.5 Å². The number of carbonyl (C=O) groups excluding carboxylic acids is 1. The molecule has 30 heavy (non-hydrogen) atoms. The van der Waals surface area contributed by atoms with Crippen molar-refractivity contribution < 1.29 is 9.53 Å². The van der Waals surface area contributed by atoms with Crippen LogP contribution in [0, 0.1) is 0 Å². The van der Waals surface area contributed by atoms with Crippen molar-refractivity contribution in [3.63, 3.8) is 0 Å². The second-order valence-corrected chi connectivity index (χ2v) is 7.46. The van der Waals surface area contributed by atoms with Gasteiger partial charge in [0.25, 0.3) is 0 Å². The van der Waals surface area contributed by atoms with E-state index in [4.69, 9.17) is 4.74 Å². The quantitative estimate of drug-likeness (QED) is 0.612. The lowest BCUT2D eigenvalue weighted by atomic mass is 10.1. The minimum atomic E-state index is 0.156. The Hall–Kier alpha value is -3.28. The van der Waals surface area contributed by atoms with E-state index >= 15 is 0 Å². The molecule has 4 rings (SSSR count). The van der Waals surface area contributed by atoms with Crippen molar-refractivity contribution >= 4 is 17.3 Å². The summed E-state index contributed by atoms with van der Waals surface area (Å²) >= 11 is 0. The number of hydrogen-bond acceptors (Lipinski definition) is 4. The van der Waals surface area contributed by atoms with Crippen LogP contribution in [0.4, 0.5) is 11.4 Å². The smallest absolute Gasteiger partial charge is 0.226 e. The second-order valence-electron chi connectivity index (χ2n) is 7.46. The topological polar surface area (TPSA) is 61.5 Å². The highest BCUT2D eigenvalue weighted by atomic mass is 16.5. The highest BCUT2D eigenvalue weighted by molar-refractivity contribution is 5.94. The number of aryl methyl sites for hydroxylation is 1. The third kappa shape index (κ3) is 4.64. The van der Waals surface area contributed by atoms with Crippen LogP contribution in [0.15, 0.2) is 61.1 Å². The van der Waals surface area contributed by atoms with Crippen LogP contribution < -0.4 is 14.5 Å². The van der Waals surface area contributed by atoms with E-state index in [0.717, 1.165) is 42.2 Å². The number of ether oxygens (including phenoxy) is 1. The molecule has 0 fully saturated rings. The highest BCUT2D eigenvalue weighted by Crippen LogP contribution is 2.36. The van der Waals surface area contributed by atoms with Gasteiger partial charge in [0, 0.05) is 24.8 Å². The van der Waals surface area contributed by atoms with Gasteiger partial charge in [-0.3, -0.25) is 4.79 Å². The lowest BCUT2D eigenvalue weighted by molar-refractivity contribution is -0.118. The maximum absolute atomic E-state index is 12.9. The summed E-state index contributed by atoms with van der Waals surface area (Å²) in [6.45, 7) is 4.81. The summed E-state index contributed by atoms with van der Waals surface area (Å²) in [4.78, 5) is 24.4. The number of rotatable bonds is 8. The van der Waals surface area contributed by atoms with E-state index in [1.165, 1.54) is 5.56 Å². The van der Waals surface area contributed by atoms with Crippen molar-refractivity contribution in [2.75, 3.05) is 29.5 Å². The van der Waals surface area contributed by atoms with E-state index in [9.17, 15) is 4.79 Å². The zero-order valence-electron chi connectivity index (χ0n) is 17.4. The minimum absolute atomic E-state index is 0.156. The SMILES string of the molecule is CCN(C(=O)CCCc1ccccc1)c1ccc2c(c1)N(Cc1c[nH]cn1)CCO2. The maximum atomic E-state index is 12.9. The molecule has 1 aliphatic heterocycles. The van der Waals surface area contributed by atoms with E-state index in [1.807, 2.05) is 48.4 Å². The van der Waals surface area contributed by atoms with E-state index in [0.29, 0.717) is 26.1 Å². The lowest BCUT2D eigenvalue weighted by Crippen LogP contribution is -2.34. The number of carbonyl (C=O) groups is 1. The molecule has 1 aromatic heterocycles. The van der Waals surface area contributed by atoms with Gasteiger partial charge in [-0.15, -0.1) is 0 Å². The number of aromatic amines is 1. The molecule has 1 N–H and O–H groups in total. The van der Waals surface area contributed by atoms with Gasteiger partial charge < -0.3 is 19.5 Å². The van der Waals surface area contributed by atoms with Gasteiger partial charge in [0.15, 0.2) is 0 Å². The Morgan fingerprint density at radius 1 is 1.23 bits per heavy atom. The number of hydrogen-bond donors (Lipinski definition) is 1. The van der Waals surface area contributed by atoms with E-state index < -0.39 is 0 Å². The van der Waals surface area contributed by atoms with Crippen LogP contribution in [0.1, 0.15) is 31.0 Å². The van der Waals surface area contributed by atoms with Crippen molar-refractivity contribution in [3.8, 4) is 5.75 Å². The first-order valence-electron chi connectivity index (χ1n) is 10.6. The number of anilines is 2. The fourth-order valence-electron chi connectivity index (χ4n) is 3.89. The number of fused-ring (bicyclic) bond motifs is 1. The molecule has 6 nitrogen and oxygen atoms in total. The zero-order valence-corrected chi connectivity index (χ0v) is 17.4. The lowest BCUT2D eigenvalue weighted by Gasteiger charge is -2.32. The molecule has 0 radical (unpaired) electrons. The number of amides is 1. The highest BCUT2D eigenvalue weighted by Gasteiger charge is 2.22. The molecule has 1 amide bonds. The Balaban J connectivity index is 1.45. The Kier molecular flexibility index (Phi) is 6.32. The van der Waals surface area contributed by atoms with E-state index in [2.05, 4.69) is 33.1 Å². The largest absolute Gasteiger partial charge is 0.490 e. The van der Waals surface area contributed by atoms with Crippen LogP contribution in [0.2, 0.25) is 0 Å². The molecule has 0 saturated heterocycles. The van der Waals surface area contributed by atoms with Crippen LogP contribution in [0.25, 0.3) is 0 Å². The molecule has 0 bridgehead atoms. The fourth-order valence-corrected chi connectivity index (χ4v) is 3.89. The number of benzene rings is 2. The molecule has 2 heterocycles. The molecule has 0 unspecified atom stereocenters. The Morgan fingerprint density at radius 3 is 2.87 bits per heavy atom. The normalized spacial score (nSPS) is 12.9. The number of nitrogens with zero attached hydrogens (tertiary/aromatic N) is 3. The Labute approximate surface area is 177 Å². The zero-order chi connectivity index (χ0) is 20.8. The average Bonchev–Trinajstić information content (AvgIpc) is 3.28. The molecular formula is C24H28N4O2. The number of imidazole rings is 1. The minimum Gasteiger partial charge on any atom is -0.490 e. The molecule has 1 aliphatic rings. The summed E-state index contributed by atoms with van der Waals surface area (Å²) in [7, 11) is 0. The molecule has 0 saturated carbocycles. The third-order valence-electron chi connectivity index (χ3n) is 5.44. The summed E-state index contributed by atoms with van der Waals surface area (Å²) < 4.78 is 5.84. The first kappa shape index (κ1) is 20.0. The van der Waals surface area contributed by atoms with Crippen molar-refractivity contribution in [1.29, 1.82) is 0 Å². The Bertz CT molecular complexity index is 957. The van der Waals surface area contributed by atoms with E-state index in [1.54, 1.807) is 6.33 Å². The van der Waals surface area contributed by atoms with Gasteiger partial charge in [0.05, 0.1) is 30.8 Å². The summed E-state index contributed by atoms with van der Waals surface area (Å²) in [6, 6.07) is 16.3. The molecule has 0 aliphatic carbocycles. The number of H-pyrrole nitrogens is 1. The molecular weight excluding hydrogens is 376 g/mol. The van der Waals surface area contributed by atoms with Crippen LogP contribution >= 0.6 is 0 Å². The van der Waals surface area contributed by atoms with Gasteiger partial charge in [0.2, 0.25) is 5.91 Å². The second kappa shape index (κ2) is 9.48. The van der Waals surface area contributed by atoms with Crippen LogP contribution in [0.5, 0.6) is 5.75 Å². The molecule has 156 valence electrons. The summed E-state index contributed by atoms with van der Waals surface area (Å²) in [5, 5.41) is 0. The molecule has 0 spiro atoms. The summed E-state index contributed by atoms with van der Waals surface area (Å²) in [5.74, 6) is 1.01. The van der Waals surface area contributed by atoms with Gasteiger partial charge >= 0.3 is 0 Å². The van der Waals surface area contributed by atoms with Gasteiger partial charge in [-0.2, -0.15) is 0 Å². The van der Waals surface area contributed by atoms with Gasteiger partial charge in [0.1, 0.15) is 12.4 Å². The summed E-state index contributed by atoms with van der Waals surface area (Å²) in [6.07, 6.45) is 5.90. The number of aromatic nitrogens is 2.